The number of amides is 1. The first-order chi connectivity index (χ1) is 13.2. The minimum absolute atomic E-state index is 0.00471. The van der Waals surface area contributed by atoms with Gasteiger partial charge in [-0.1, -0.05) is 12.1 Å². The molecule has 3 rings (SSSR count). The van der Waals surface area contributed by atoms with E-state index in [-0.39, 0.29) is 35.0 Å². The van der Waals surface area contributed by atoms with Crippen molar-refractivity contribution in [3.8, 4) is 11.4 Å². The number of nitrogens with zero attached hydrogens (tertiary/aromatic N) is 4. The highest BCUT2D eigenvalue weighted by atomic mass is 32.2. The summed E-state index contributed by atoms with van der Waals surface area (Å²) in [6.45, 7) is 1.59. The SMILES string of the molecule is C[C@H](NC(=O)Cn1nnc(-c2ccc(F)cc2)n1)c1ccc(S(N)(=O)=O)cc1. The Balaban J connectivity index is 1.61. The average molecular weight is 404 g/mol. The number of carbonyl (C=O) groups excluding carboxylic acids is 1. The molecule has 1 heterocycles. The highest BCUT2D eigenvalue weighted by Gasteiger charge is 2.14. The summed E-state index contributed by atoms with van der Waals surface area (Å²) in [6, 6.07) is 11.1. The van der Waals surface area contributed by atoms with Gasteiger partial charge in [0.1, 0.15) is 12.4 Å². The van der Waals surface area contributed by atoms with E-state index in [1.54, 1.807) is 19.1 Å². The van der Waals surface area contributed by atoms with Gasteiger partial charge in [0.25, 0.3) is 0 Å². The number of tetrazole rings is 1. The Morgan fingerprint density at radius 2 is 1.82 bits per heavy atom. The molecule has 11 heteroatoms. The van der Waals surface area contributed by atoms with Gasteiger partial charge in [0.05, 0.1) is 10.9 Å². The summed E-state index contributed by atoms with van der Waals surface area (Å²) in [6.07, 6.45) is 0. The number of nitrogens with one attached hydrogen (secondary N) is 1. The second-order valence-corrected chi connectivity index (χ2v) is 7.62. The number of benzene rings is 2. The minimum atomic E-state index is -3.77. The van der Waals surface area contributed by atoms with E-state index in [9.17, 15) is 17.6 Å². The van der Waals surface area contributed by atoms with E-state index in [0.717, 1.165) is 4.80 Å². The Labute approximate surface area is 160 Å². The molecule has 9 nitrogen and oxygen atoms in total. The predicted molar refractivity (Wildman–Crippen MR) is 97.6 cm³/mol. The van der Waals surface area contributed by atoms with Crippen LogP contribution in [0.2, 0.25) is 0 Å². The number of carbonyl (C=O) groups is 1. The number of hydrogen-bond donors (Lipinski definition) is 2. The number of primary sulfonamides is 1. The molecule has 0 radical (unpaired) electrons. The van der Waals surface area contributed by atoms with E-state index in [2.05, 4.69) is 20.7 Å². The maximum Gasteiger partial charge on any atom is 0.244 e. The van der Waals surface area contributed by atoms with Crippen LogP contribution in [0.3, 0.4) is 0 Å². The third kappa shape index (κ3) is 4.75. The van der Waals surface area contributed by atoms with Crippen LogP contribution in [0, 0.1) is 5.82 Å². The second kappa shape index (κ2) is 7.82. The van der Waals surface area contributed by atoms with Crippen molar-refractivity contribution in [2.24, 2.45) is 5.14 Å². The molecular formula is C17H17FN6O3S. The summed E-state index contributed by atoms with van der Waals surface area (Å²) in [7, 11) is -3.77. The van der Waals surface area contributed by atoms with Crippen LogP contribution < -0.4 is 10.5 Å². The normalized spacial score (nSPS) is 12.5. The quantitative estimate of drug-likeness (QED) is 0.630. The number of halogens is 1. The zero-order chi connectivity index (χ0) is 20.3. The summed E-state index contributed by atoms with van der Waals surface area (Å²) in [4.78, 5) is 13.3. The molecule has 0 aliphatic carbocycles. The van der Waals surface area contributed by atoms with Crippen LogP contribution in [-0.2, 0) is 21.4 Å². The molecule has 0 bridgehead atoms. The molecule has 0 unspecified atom stereocenters. The maximum atomic E-state index is 13.0. The van der Waals surface area contributed by atoms with Gasteiger partial charge in [-0.2, -0.15) is 4.80 Å². The van der Waals surface area contributed by atoms with Crippen LogP contribution in [0.5, 0.6) is 0 Å². The van der Waals surface area contributed by atoms with Crippen LogP contribution in [0.15, 0.2) is 53.4 Å². The molecule has 0 aliphatic rings. The molecule has 1 atom stereocenters. The van der Waals surface area contributed by atoms with E-state index in [0.29, 0.717) is 11.1 Å². The molecule has 0 fully saturated rings. The fourth-order valence-electron chi connectivity index (χ4n) is 2.47. The summed E-state index contributed by atoms with van der Waals surface area (Å²) >= 11 is 0. The number of sulfonamides is 1. The first kappa shape index (κ1) is 19.6. The Hall–Kier alpha value is -3.18. The van der Waals surface area contributed by atoms with Crippen molar-refractivity contribution in [1.82, 2.24) is 25.5 Å². The van der Waals surface area contributed by atoms with Crippen molar-refractivity contribution in [2.45, 2.75) is 24.4 Å². The molecular weight excluding hydrogens is 387 g/mol. The molecule has 1 amide bonds. The molecule has 0 saturated heterocycles. The monoisotopic (exact) mass is 404 g/mol. The molecule has 0 aliphatic heterocycles. The fourth-order valence-corrected chi connectivity index (χ4v) is 2.99. The Bertz CT molecular complexity index is 1080. The topological polar surface area (TPSA) is 133 Å². The van der Waals surface area contributed by atoms with E-state index < -0.39 is 10.0 Å². The number of rotatable bonds is 6. The van der Waals surface area contributed by atoms with Crippen LogP contribution >= 0.6 is 0 Å². The molecule has 2 aromatic carbocycles. The van der Waals surface area contributed by atoms with E-state index in [1.807, 2.05) is 0 Å². The van der Waals surface area contributed by atoms with E-state index in [4.69, 9.17) is 5.14 Å². The third-order valence-electron chi connectivity index (χ3n) is 3.93. The lowest BCUT2D eigenvalue weighted by atomic mass is 10.1. The summed E-state index contributed by atoms with van der Waals surface area (Å²) in [5.74, 6) is -0.452. The van der Waals surface area contributed by atoms with Crippen LogP contribution in [0.25, 0.3) is 11.4 Å². The predicted octanol–water partition coefficient (Wildman–Crippen LogP) is 1.00. The van der Waals surface area contributed by atoms with Gasteiger partial charge < -0.3 is 5.32 Å². The molecule has 3 aromatic rings. The van der Waals surface area contributed by atoms with Gasteiger partial charge in [0, 0.05) is 5.56 Å². The molecule has 3 N–H and O–H groups in total. The van der Waals surface area contributed by atoms with Crippen LogP contribution in [-0.4, -0.2) is 34.5 Å². The van der Waals surface area contributed by atoms with Gasteiger partial charge >= 0.3 is 0 Å². The molecule has 146 valence electrons. The lowest BCUT2D eigenvalue weighted by Gasteiger charge is -2.14. The average Bonchev–Trinajstić information content (AvgIpc) is 3.10. The molecule has 0 saturated carbocycles. The zero-order valence-electron chi connectivity index (χ0n) is 14.8. The standard InChI is InChI=1S/C17H17FN6O3S/c1-11(12-4-8-15(9-5-12)28(19,26)27)20-16(25)10-24-22-17(21-23-24)13-2-6-14(18)7-3-13/h2-9,11H,10H2,1H3,(H,20,25)(H2,19,26,27)/t11-/m0/s1. The van der Waals surface area contributed by atoms with Crippen molar-refractivity contribution >= 4 is 15.9 Å². The number of nitrogens with two attached hydrogens (primary N) is 1. The smallest absolute Gasteiger partial charge is 0.244 e. The third-order valence-corrected chi connectivity index (χ3v) is 4.86. The fraction of sp³-hybridized carbons (Fsp3) is 0.176. The molecule has 28 heavy (non-hydrogen) atoms. The van der Waals surface area contributed by atoms with Crippen LogP contribution in [0.4, 0.5) is 4.39 Å². The van der Waals surface area contributed by atoms with Gasteiger partial charge in [-0.15, -0.1) is 10.2 Å². The lowest BCUT2D eigenvalue weighted by molar-refractivity contribution is -0.122. The lowest BCUT2D eigenvalue weighted by Crippen LogP contribution is -2.30. The second-order valence-electron chi connectivity index (χ2n) is 6.05. The van der Waals surface area contributed by atoms with Gasteiger partial charge in [0.15, 0.2) is 0 Å². The van der Waals surface area contributed by atoms with Crippen molar-refractivity contribution < 1.29 is 17.6 Å². The van der Waals surface area contributed by atoms with Gasteiger partial charge in [-0.25, -0.2) is 17.9 Å². The molecule has 0 spiro atoms. The Morgan fingerprint density at radius 1 is 1.18 bits per heavy atom. The van der Waals surface area contributed by atoms with Gasteiger partial charge in [-0.3, -0.25) is 4.79 Å². The van der Waals surface area contributed by atoms with E-state index >= 15 is 0 Å². The van der Waals surface area contributed by atoms with Crippen molar-refractivity contribution in [1.29, 1.82) is 0 Å². The maximum absolute atomic E-state index is 13.0. The highest BCUT2D eigenvalue weighted by molar-refractivity contribution is 7.89. The van der Waals surface area contributed by atoms with Crippen LogP contribution in [0.1, 0.15) is 18.5 Å². The Morgan fingerprint density at radius 3 is 2.43 bits per heavy atom. The molecule has 1 aromatic heterocycles. The van der Waals surface area contributed by atoms with E-state index in [1.165, 1.54) is 36.4 Å². The summed E-state index contributed by atoms with van der Waals surface area (Å²) in [5.41, 5.74) is 1.29. The minimum Gasteiger partial charge on any atom is -0.348 e. The first-order valence-corrected chi connectivity index (χ1v) is 9.73. The zero-order valence-corrected chi connectivity index (χ0v) is 15.6. The Kier molecular flexibility index (Phi) is 5.47. The van der Waals surface area contributed by atoms with Gasteiger partial charge in [-0.05, 0) is 54.1 Å². The largest absolute Gasteiger partial charge is 0.348 e. The van der Waals surface area contributed by atoms with Crippen molar-refractivity contribution in [3.63, 3.8) is 0 Å². The van der Waals surface area contributed by atoms with Crippen molar-refractivity contribution in [3.05, 3.63) is 59.9 Å². The number of hydrogen-bond acceptors (Lipinski definition) is 6. The summed E-state index contributed by atoms with van der Waals surface area (Å²) < 4.78 is 35.5. The van der Waals surface area contributed by atoms with Gasteiger partial charge in [0.2, 0.25) is 21.8 Å². The number of aromatic nitrogens is 4. The van der Waals surface area contributed by atoms with Crippen molar-refractivity contribution in [2.75, 3.05) is 0 Å². The summed E-state index contributed by atoms with van der Waals surface area (Å²) in [5, 5.41) is 19.6. The first-order valence-electron chi connectivity index (χ1n) is 8.18. The highest BCUT2D eigenvalue weighted by Crippen LogP contribution is 2.16.